The zero-order valence-corrected chi connectivity index (χ0v) is 14.6. The van der Waals surface area contributed by atoms with E-state index in [1.165, 1.54) is 18.4 Å². The van der Waals surface area contributed by atoms with Gasteiger partial charge in [-0.3, -0.25) is 0 Å². The summed E-state index contributed by atoms with van der Waals surface area (Å²) >= 11 is 0. The van der Waals surface area contributed by atoms with E-state index in [0.717, 1.165) is 44.1 Å². The highest BCUT2D eigenvalue weighted by Crippen LogP contribution is 2.17. The number of hydrogen-bond donors (Lipinski definition) is 1. The van der Waals surface area contributed by atoms with Crippen molar-refractivity contribution in [1.82, 2.24) is 4.90 Å². The van der Waals surface area contributed by atoms with Crippen molar-refractivity contribution in [1.29, 1.82) is 0 Å². The standard InChI is InChI=1S/C18H29NO2.ClH/c1-3-4-16-5-7-18(8-6-16)21-14-17(20)13-19-11-9-15(2)10-12-19;/h5-8,15,17,20H,3-4,9-14H2,1-2H3;1H/p-1. The third kappa shape index (κ3) is 6.55. The van der Waals surface area contributed by atoms with E-state index < -0.39 is 6.10 Å². The Labute approximate surface area is 141 Å². The van der Waals surface area contributed by atoms with Crippen LogP contribution in [0, 0.1) is 5.92 Å². The average molecular weight is 327 g/mol. The molecule has 1 heterocycles. The Hall–Kier alpha value is -0.770. The number of ether oxygens (including phenoxy) is 1. The first-order chi connectivity index (χ1) is 10.2. The van der Waals surface area contributed by atoms with Crippen molar-refractivity contribution in [3.05, 3.63) is 29.8 Å². The fraction of sp³-hybridized carbons (Fsp3) is 0.667. The van der Waals surface area contributed by atoms with Gasteiger partial charge in [0, 0.05) is 6.54 Å². The topological polar surface area (TPSA) is 32.7 Å². The van der Waals surface area contributed by atoms with E-state index in [0.29, 0.717) is 6.61 Å². The molecule has 0 radical (unpaired) electrons. The summed E-state index contributed by atoms with van der Waals surface area (Å²) in [7, 11) is 0. The number of likely N-dealkylation sites (tertiary alicyclic amines) is 1. The second-order valence-electron chi connectivity index (χ2n) is 6.34. The van der Waals surface area contributed by atoms with Crippen LogP contribution in [0.15, 0.2) is 24.3 Å². The van der Waals surface area contributed by atoms with Crippen LogP contribution in [0.3, 0.4) is 0 Å². The number of aliphatic hydroxyl groups is 1. The molecule has 0 spiro atoms. The van der Waals surface area contributed by atoms with Crippen molar-refractivity contribution in [3.8, 4) is 5.75 Å². The Bertz CT molecular complexity index is 402. The molecule has 1 aliphatic heterocycles. The van der Waals surface area contributed by atoms with Gasteiger partial charge in [0.05, 0.1) is 0 Å². The third-order valence-electron chi connectivity index (χ3n) is 4.25. The number of aryl methyl sites for hydroxylation is 1. The average Bonchev–Trinajstić information content (AvgIpc) is 2.49. The molecule has 0 aliphatic carbocycles. The summed E-state index contributed by atoms with van der Waals surface area (Å²) in [5.74, 6) is 1.68. The maximum absolute atomic E-state index is 10.1. The van der Waals surface area contributed by atoms with Gasteiger partial charge < -0.3 is 27.2 Å². The molecule has 0 bridgehead atoms. The van der Waals surface area contributed by atoms with Gasteiger partial charge >= 0.3 is 0 Å². The van der Waals surface area contributed by atoms with Crippen molar-refractivity contribution >= 4 is 0 Å². The van der Waals surface area contributed by atoms with Gasteiger partial charge in [0.1, 0.15) is 18.5 Å². The minimum atomic E-state index is -0.409. The second kappa shape index (κ2) is 10.1. The van der Waals surface area contributed by atoms with Crippen LogP contribution < -0.4 is 17.1 Å². The van der Waals surface area contributed by atoms with Crippen LogP contribution in [0.1, 0.15) is 38.7 Å². The van der Waals surface area contributed by atoms with Crippen LogP contribution in [-0.2, 0) is 6.42 Å². The SMILES string of the molecule is CCCc1ccc(OCC(O)CN2CCC(C)CC2)cc1.[Cl-]. The van der Waals surface area contributed by atoms with Crippen LogP contribution in [0.4, 0.5) is 0 Å². The molecule has 1 N–H and O–H groups in total. The van der Waals surface area contributed by atoms with Crippen molar-refractivity contribution in [2.24, 2.45) is 5.92 Å². The highest BCUT2D eigenvalue weighted by Gasteiger charge is 2.18. The minimum absolute atomic E-state index is 0. The monoisotopic (exact) mass is 326 g/mol. The summed E-state index contributed by atoms with van der Waals surface area (Å²) in [5.41, 5.74) is 1.34. The largest absolute Gasteiger partial charge is 1.00 e. The highest BCUT2D eigenvalue weighted by atomic mass is 35.5. The fourth-order valence-corrected chi connectivity index (χ4v) is 2.83. The number of rotatable bonds is 7. The van der Waals surface area contributed by atoms with Crippen LogP contribution in [0.25, 0.3) is 0 Å². The number of hydrogen-bond acceptors (Lipinski definition) is 3. The Balaban J connectivity index is 0.00000242. The molecule has 0 aromatic heterocycles. The summed E-state index contributed by atoms with van der Waals surface area (Å²) < 4.78 is 5.69. The molecule has 2 rings (SSSR count). The first kappa shape index (κ1) is 19.3. The molecule has 1 aliphatic rings. The number of piperidine rings is 1. The smallest absolute Gasteiger partial charge is 0.119 e. The fourth-order valence-electron chi connectivity index (χ4n) is 2.83. The molecule has 1 unspecified atom stereocenters. The lowest BCUT2D eigenvalue weighted by Crippen LogP contribution is -3.00. The molecule has 1 aromatic carbocycles. The Kier molecular flexibility index (Phi) is 8.84. The highest BCUT2D eigenvalue weighted by molar-refractivity contribution is 5.27. The van der Waals surface area contributed by atoms with Crippen molar-refractivity contribution < 1.29 is 22.3 Å². The van der Waals surface area contributed by atoms with Crippen LogP contribution in [0.2, 0.25) is 0 Å². The van der Waals surface area contributed by atoms with Gasteiger partial charge in [-0.05, 0) is 56.0 Å². The normalized spacial score (nSPS) is 17.8. The van der Waals surface area contributed by atoms with E-state index in [-0.39, 0.29) is 12.4 Å². The molecule has 1 fully saturated rings. The number of nitrogens with zero attached hydrogens (tertiary/aromatic N) is 1. The van der Waals surface area contributed by atoms with Gasteiger partial charge in [-0.2, -0.15) is 0 Å². The lowest BCUT2D eigenvalue weighted by molar-refractivity contribution is -0.00000674. The molecule has 4 heteroatoms. The number of β-amino-alcohol motifs (C(OH)–C–C–N with tert-alkyl or cyclic N) is 1. The molecular weight excluding hydrogens is 298 g/mol. The Morgan fingerprint density at radius 1 is 1.23 bits per heavy atom. The van der Waals surface area contributed by atoms with Gasteiger partial charge in [-0.15, -0.1) is 0 Å². The van der Waals surface area contributed by atoms with Gasteiger partial charge in [0.15, 0.2) is 0 Å². The van der Waals surface area contributed by atoms with Gasteiger partial charge in [0.2, 0.25) is 0 Å². The zero-order chi connectivity index (χ0) is 15.1. The van der Waals surface area contributed by atoms with E-state index >= 15 is 0 Å². The van der Waals surface area contributed by atoms with Gasteiger partial charge in [-0.25, -0.2) is 0 Å². The summed E-state index contributed by atoms with van der Waals surface area (Å²) in [6.45, 7) is 7.79. The zero-order valence-electron chi connectivity index (χ0n) is 13.8. The Morgan fingerprint density at radius 3 is 2.45 bits per heavy atom. The Morgan fingerprint density at radius 2 is 1.86 bits per heavy atom. The van der Waals surface area contributed by atoms with Crippen LogP contribution in [0.5, 0.6) is 5.75 Å². The van der Waals surface area contributed by atoms with Gasteiger partial charge in [-0.1, -0.05) is 32.4 Å². The molecule has 1 saturated heterocycles. The molecule has 0 saturated carbocycles. The van der Waals surface area contributed by atoms with Crippen molar-refractivity contribution in [2.75, 3.05) is 26.2 Å². The van der Waals surface area contributed by atoms with Crippen LogP contribution in [-0.4, -0.2) is 42.4 Å². The van der Waals surface area contributed by atoms with E-state index in [9.17, 15) is 5.11 Å². The quantitative estimate of drug-likeness (QED) is 0.772. The summed E-state index contributed by atoms with van der Waals surface area (Å²) in [5, 5.41) is 10.1. The number of benzene rings is 1. The molecule has 3 nitrogen and oxygen atoms in total. The first-order valence-corrected chi connectivity index (χ1v) is 8.29. The van der Waals surface area contributed by atoms with Crippen molar-refractivity contribution in [2.45, 2.75) is 45.6 Å². The first-order valence-electron chi connectivity index (χ1n) is 8.29. The maximum atomic E-state index is 10.1. The van der Waals surface area contributed by atoms with E-state index in [4.69, 9.17) is 4.74 Å². The van der Waals surface area contributed by atoms with Crippen molar-refractivity contribution in [3.63, 3.8) is 0 Å². The second-order valence-corrected chi connectivity index (χ2v) is 6.34. The predicted molar refractivity (Wildman–Crippen MR) is 86.8 cm³/mol. The lowest BCUT2D eigenvalue weighted by Gasteiger charge is -2.31. The molecule has 126 valence electrons. The summed E-state index contributed by atoms with van der Waals surface area (Å²) in [6, 6.07) is 8.22. The van der Waals surface area contributed by atoms with E-state index in [2.05, 4.69) is 30.9 Å². The lowest BCUT2D eigenvalue weighted by atomic mass is 9.99. The summed E-state index contributed by atoms with van der Waals surface area (Å²) in [6.07, 6.45) is 4.34. The molecule has 0 amide bonds. The third-order valence-corrected chi connectivity index (χ3v) is 4.25. The van der Waals surface area contributed by atoms with E-state index in [1.807, 2.05) is 12.1 Å². The maximum Gasteiger partial charge on any atom is 0.119 e. The molecule has 1 aromatic rings. The van der Waals surface area contributed by atoms with E-state index in [1.54, 1.807) is 0 Å². The van der Waals surface area contributed by atoms with Crippen LogP contribution >= 0.6 is 0 Å². The number of halogens is 1. The molecule has 1 atom stereocenters. The minimum Gasteiger partial charge on any atom is -1.00 e. The summed E-state index contributed by atoms with van der Waals surface area (Å²) in [4.78, 5) is 2.35. The predicted octanol–water partition coefficient (Wildman–Crippen LogP) is 0.115. The molecule has 22 heavy (non-hydrogen) atoms. The molecular formula is C18H29ClNO2-. The number of aliphatic hydroxyl groups excluding tert-OH is 1. The van der Waals surface area contributed by atoms with Gasteiger partial charge in [0.25, 0.3) is 0 Å².